The van der Waals surface area contributed by atoms with Gasteiger partial charge < -0.3 is 11.1 Å². The maximum absolute atomic E-state index is 12.7. The Hall–Kier alpha value is -1.99. The fraction of sp³-hybridized carbons (Fsp3) is 0.133. The summed E-state index contributed by atoms with van der Waals surface area (Å²) in [5, 5.41) is 2.53. The molecule has 0 aliphatic carbocycles. The van der Waals surface area contributed by atoms with Crippen LogP contribution in [0.5, 0.6) is 0 Å². The Morgan fingerprint density at radius 2 is 1.82 bits per heavy atom. The highest BCUT2D eigenvalue weighted by atomic mass is 32.2. The number of rotatable bonds is 4. The Kier molecular flexibility index (Phi) is 4.77. The van der Waals surface area contributed by atoms with Crippen LogP contribution in [0.25, 0.3) is 0 Å². The number of hydrogen-bond donors (Lipinski definition) is 2. The van der Waals surface area contributed by atoms with E-state index in [0.717, 1.165) is 4.90 Å². The van der Waals surface area contributed by atoms with Crippen LogP contribution in [0.1, 0.15) is 6.92 Å². The zero-order valence-corrected chi connectivity index (χ0v) is 13.8. The SMILES string of the molecule is CSc1cccc(S(=O)(=O)c2ccc(N)c(NC(C)=O)c2)c1. The number of carbonyl (C=O) groups is 1. The summed E-state index contributed by atoms with van der Waals surface area (Å²) in [5.41, 5.74) is 6.35. The molecule has 0 saturated carbocycles. The summed E-state index contributed by atoms with van der Waals surface area (Å²) in [5.74, 6) is -0.314. The highest BCUT2D eigenvalue weighted by Crippen LogP contribution is 2.28. The monoisotopic (exact) mass is 336 g/mol. The Morgan fingerprint density at radius 1 is 1.14 bits per heavy atom. The second-order valence-corrected chi connectivity index (χ2v) is 7.44. The van der Waals surface area contributed by atoms with Crippen molar-refractivity contribution in [3.05, 3.63) is 42.5 Å². The zero-order chi connectivity index (χ0) is 16.3. The standard InChI is InChI=1S/C15H16N2O3S2/c1-10(18)17-15-9-13(6-7-14(15)16)22(19,20)12-5-3-4-11(8-12)21-2/h3-9H,16H2,1-2H3,(H,17,18). The lowest BCUT2D eigenvalue weighted by molar-refractivity contribution is -0.114. The summed E-state index contributed by atoms with van der Waals surface area (Å²) in [6.45, 7) is 1.34. The molecule has 0 saturated heterocycles. The number of sulfone groups is 1. The molecule has 0 atom stereocenters. The van der Waals surface area contributed by atoms with E-state index in [9.17, 15) is 13.2 Å². The molecule has 1 amide bonds. The van der Waals surface area contributed by atoms with E-state index < -0.39 is 9.84 Å². The van der Waals surface area contributed by atoms with Crippen LogP contribution in [0.15, 0.2) is 57.2 Å². The highest BCUT2D eigenvalue weighted by Gasteiger charge is 2.19. The fourth-order valence-corrected chi connectivity index (χ4v) is 3.77. The van der Waals surface area contributed by atoms with E-state index in [1.807, 2.05) is 12.3 Å². The predicted molar refractivity (Wildman–Crippen MR) is 88.8 cm³/mol. The molecular formula is C15H16N2O3S2. The summed E-state index contributed by atoms with van der Waals surface area (Å²) >= 11 is 1.47. The van der Waals surface area contributed by atoms with E-state index in [1.165, 1.54) is 36.9 Å². The van der Waals surface area contributed by atoms with E-state index in [2.05, 4.69) is 5.32 Å². The normalized spacial score (nSPS) is 11.2. The van der Waals surface area contributed by atoms with Crippen molar-refractivity contribution in [2.45, 2.75) is 21.6 Å². The number of benzene rings is 2. The van der Waals surface area contributed by atoms with Gasteiger partial charge in [0.05, 0.1) is 21.2 Å². The quantitative estimate of drug-likeness (QED) is 0.662. The average molecular weight is 336 g/mol. The topological polar surface area (TPSA) is 89.3 Å². The number of amides is 1. The molecule has 116 valence electrons. The Labute approximate surface area is 133 Å². The van der Waals surface area contributed by atoms with Gasteiger partial charge in [-0.2, -0.15) is 0 Å². The van der Waals surface area contributed by atoms with Gasteiger partial charge in [-0.3, -0.25) is 4.79 Å². The van der Waals surface area contributed by atoms with Gasteiger partial charge in [0.25, 0.3) is 0 Å². The van der Waals surface area contributed by atoms with E-state index in [4.69, 9.17) is 5.73 Å². The Bertz CT molecular complexity index is 817. The number of nitrogen functional groups attached to an aromatic ring is 1. The molecular weight excluding hydrogens is 320 g/mol. The molecule has 2 aromatic rings. The van der Waals surface area contributed by atoms with Gasteiger partial charge in [0.15, 0.2) is 0 Å². The van der Waals surface area contributed by atoms with E-state index in [0.29, 0.717) is 5.69 Å². The first kappa shape index (κ1) is 16.4. The molecule has 0 radical (unpaired) electrons. The minimum atomic E-state index is -3.67. The first-order chi connectivity index (χ1) is 10.3. The van der Waals surface area contributed by atoms with E-state index in [1.54, 1.807) is 18.2 Å². The first-order valence-corrected chi connectivity index (χ1v) is 9.11. The fourth-order valence-electron chi connectivity index (χ4n) is 1.90. The van der Waals surface area contributed by atoms with Crippen molar-refractivity contribution in [3.63, 3.8) is 0 Å². The lowest BCUT2D eigenvalue weighted by atomic mass is 10.2. The van der Waals surface area contributed by atoms with Crippen LogP contribution >= 0.6 is 11.8 Å². The molecule has 0 bridgehead atoms. The highest BCUT2D eigenvalue weighted by molar-refractivity contribution is 7.98. The molecule has 2 aromatic carbocycles. The van der Waals surface area contributed by atoms with Gasteiger partial charge in [-0.15, -0.1) is 11.8 Å². The van der Waals surface area contributed by atoms with Crippen molar-refractivity contribution in [2.24, 2.45) is 0 Å². The number of nitrogens with one attached hydrogen (secondary N) is 1. The van der Waals surface area contributed by atoms with Gasteiger partial charge in [0.2, 0.25) is 15.7 Å². The molecule has 0 fully saturated rings. The van der Waals surface area contributed by atoms with Crippen molar-refractivity contribution in [2.75, 3.05) is 17.3 Å². The number of carbonyl (C=O) groups excluding carboxylic acids is 1. The molecule has 22 heavy (non-hydrogen) atoms. The molecule has 3 N–H and O–H groups in total. The van der Waals surface area contributed by atoms with Gasteiger partial charge in [-0.25, -0.2) is 8.42 Å². The number of nitrogens with two attached hydrogens (primary N) is 1. The molecule has 5 nitrogen and oxygen atoms in total. The average Bonchev–Trinajstić information content (AvgIpc) is 2.49. The molecule has 2 rings (SSSR count). The van der Waals surface area contributed by atoms with Crippen molar-refractivity contribution in [1.29, 1.82) is 0 Å². The van der Waals surface area contributed by atoms with Crippen LogP contribution in [-0.4, -0.2) is 20.6 Å². The van der Waals surface area contributed by atoms with Crippen LogP contribution in [0.4, 0.5) is 11.4 Å². The lowest BCUT2D eigenvalue weighted by Gasteiger charge is -2.10. The van der Waals surface area contributed by atoms with Crippen molar-refractivity contribution in [1.82, 2.24) is 0 Å². The maximum atomic E-state index is 12.7. The van der Waals surface area contributed by atoms with Crippen LogP contribution < -0.4 is 11.1 Å². The number of hydrogen-bond acceptors (Lipinski definition) is 5. The summed E-state index contributed by atoms with van der Waals surface area (Å²) in [7, 11) is -3.67. The summed E-state index contributed by atoms with van der Waals surface area (Å²) in [6, 6.07) is 11.0. The molecule has 0 spiro atoms. The van der Waals surface area contributed by atoms with E-state index >= 15 is 0 Å². The van der Waals surface area contributed by atoms with Crippen molar-refractivity contribution in [3.8, 4) is 0 Å². The van der Waals surface area contributed by atoms with Gasteiger partial charge >= 0.3 is 0 Å². The first-order valence-electron chi connectivity index (χ1n) is 6.41. The summed E-state index contributed by atoms with van der Waals surface area (Å²) in [4.78, 5) is 12.3. The summed E-state index contributed by atoms with van der Waals surface area (Å²) in [6.07, 6.45) is 1.88. The van der Waals surface area contributed by atoms with Crippen LogP contribution in [0.3, 0.4) is 0 Å². The van der Waals surface area contributed by atoms with E-state index in [-0.39, 0.29) is 21.4 Å². The number of thioether (sulfide) groups is 1. The summed E-state index contributed by atoms with van der Waals surface area (Å²) < 4.78 is 25.4. The van der Waals surface area contributed by atoms with Crippen molar-refractivity contribution < 1.29 is 13.2 Å². The van der Waals surface area contributed by atoms with Gasteiger partial charge in [0.1, 0.15) is 0 Å². The third-order valence-corrected chi connectivity index (χ3v) is 5.47. The largest absolute Gasteiger partial charge is 0.397 e. The van der Waals surface area contributed by atoms with Gasteiger partial charge in [-0.1, -0.05) is 6.07 Å². The number of anilines is 2. The zero-order valence-electron chi connectivity index (χ0n) is 12.2. The van der Waals surface area contributed by atoms with Gasteiger partial charge in [-0.05, 0) is 42.7 Å². The smallest absolute Gasteiger partial charge is 0.221 e. The molecule has 0 aliphatic heterocycles. The van der Waals surface area contributed by atoms with Crippen LogP contribution in [-0.2, 0) is 14.6 Å². The molecule has 0 unspecified atom stereocenters. The lowest BCUT2D eigenvalue weighted by Crippen LogP contribution is -2.10. The maximum Gasteiger partial charge on any atom is 0.221 e. The Balaban J connectivity index is 2.51. The third-order valence-electron chi connectivity index (χ3n) is 3.00. The molecule has 0 heterocycles. The predicted octanol–water partition coefficient (Wildman–Crippen LogP) is 2.78. The molecule has 0 aromatic heterocycles. The van der Waals surface area contributed by atoms with Crippen LogP contribution in [0.2, 0.25) is 0 Å². The minimum Gasteiger partial charge on any atom is -0.397 e. The molecule has 7 heteroatoms. The van der Waals surface area contributed by atoms with Crippen molar-refractivity contribution >= 4 is 38.9 Å². The second-order valence-electron chi connectivity index (χ2n) is 4.61. The minimum absolute atomic E-state index is 0.0868. The Morgan fingerprint density at radius 3 is 2.45 bits per heavy atom. The van der Waals surface area contributed by atoms with Crippen LogP contribution in [0, 0.1) is 0 Å². The third kappa shape index (κ3) is 3.42. The van der Waals surface area contributed by atoms with Gasteiger partial charge in [0, 0.05) is 11.8 Å². The second kappa shape index (κ2) is 6.41. The molecule has 0 aliphatic rings.